The van der Waals surface area contributed by atoms with Crippen LogP contribution in [-0.2, 0) is 11.2 Å². The van der Waals surface area contributed by atoms with Gasteiger partial charge in [0.15, 0.2) is 0 Å². The Balaban J connectivity index is 1.37. The topological polar surface area (TPSA) is 56.4 Å². The molecule has 0 spiro atoms. The average Bonchev–Trinajstić information content (AvgIpc) is 2.73. The Morgan fingerprint density at radius 2 is 1.76 bits per heavy atom. The van der Waals surface area contributed by atoms with Crippen LogP contribution in [0, 0.1) is 13.8 Å². The Morgan fingerprint density at radius 1 is 1.00 bits per heavy atom. The van der Waals surface area contributed by atoms with Gasteiger partial charge in [-0.1, -0.05) is 30.3 Å². The Hall–Kier alpha value is -3.08. The van der Waals surface area contributed by atoms with Gasteiger partial charge in [0, 0.05) is 43.9 Å². The van der Waals surface area contributed by atoms with Gasteiger partial charge in [-0.05, 0) is 55.0 Å². The van der Waals surface area contributed by atoms with E-state index in [0.717, 1.165) is 42.6 Å². The number of pyridine rings is 1. The van der Waals surface area contributed by atoms with Crippen molar-refractivity contribution in [2.24, 2.45) is 0 Å². The molecule has 2 aromatic carbocycles. The lowest BCUT2D eigenvalue weighted by Crippen LogP contribution is -2.48. The fourth-order valence-electron chi connectivity index (χ4n) is 4.05. The number of aromatic amines is 1. The number of carbonyl (C=O) groups excluding carboxylic acids is 1. The van der Waals surface area contributed by atoms with E-state index < -0.39 is 0 Å². The summed E-state index contributed by atoms with van der Waals surface area (Å²) in [4.78, 5) is 32.3. The molecule has 1 fully saturated rings. The molecule has 1 N–H and O–H groups in total. The number of nitrogens with one attached hydrogen (secondary N) is 1. The molecular weight excluding hydrogens is 362 g/mol. The highest BCUT2D eigenvalue weighted by atomic mass is 16.2. The molecule has 5 nitrogen and oxygen atoms in total. The number of H-pyrrole nitrogens is 1. The molecule has 0 aliphatic carbocycles. The van der Waals surface area contributed by atoms with Crippen molar-refractivity contribution in [3.05, 3.63) is 75.6 Å². The molecule has 1 aromatic heterocycles. The van der Waals surface area contributed by atoms with Gasteiger partial charge in [0.2, 0.25) is 5.91 Å². The number of hydrogen-bond acceptors (Lipinski definition) is 3. The van der Waals surface area contributed by atoms with E-state index in [4.69, 9.17) is 0 Å². The summed E-state index contributed by atoms with van der Waals surface area (Å²) < 4.78 is 0. The van der Waals surface area contributed by atoms with E-state index >= 15 is 0 Å². The molecule has 0 bridgehead atoms. The van der Waals surface area contributed by atoms with Crippen LogP contribution in [-0.4, -0.2) is 42.0 Å². The van der Waals surface area contributed by atoms with Gasteiger partial charge in [-0.2, -0.15) is 0 Å². The summed E-state index contributed by atoms with van der Waals surface area (Å²) in [5.41, 5.74) is 4.97. The number of nitrogens with zero attached hydrogens (tertiary/aromatic N) is 2. The van der Waals surface area contributed by atoms with Crippen LogP contribution in [0.4, 0.5) is 5.69 Å². The minimum absolute atomic E-state index is 0.0936. The Labute approximate surface area is 171 Å². The van der Waals surface area contributed by atoms with Crippen LogP contribution in [0.2, 0.25) is 0 Å². The standard InChI is InChI=1S/C24H27N3O2/c1-17-5-3-8-21(15-17)26-11-13-27(14-12-26)22(28)10-9-20-16-19-7-4-6-18(2)23(19)25-24(20)29/h3-8,15-16H,9-14H2,1-2H3,(H,25,29). The van der Waals surface area contributed by atoms with E-state index in [1.807, 2.05) is 36.1 Å². The number of carbonyl (C=O) groups is 1. The summed E-state index contributed by atoms with van der Waals surface area (Å²) in [6.45, 7) is 7.20. The predicted octanol–water partition coefficient (Wildman–Crippen LogP) is 3.43. The van der Waals surface area contributed by atoms with Gasteiger partial charge in [-0.25, -0.2) is 0 Å². The molecule has 0 atom stereocenters. The highest BCUT2D eigenvalue weighted by Gasteiger charge is 2.21. The number of rotatable bonds is 4. The molecule has 3 aromatic rings. The SMILES string of the molecule is Cc1cccc(N2CCN(C(=O)CCc3cc4cccc(C)c4[nH]c3=O)CC2)c1. The van der Waals surface area contributed by atoms with Gasteiger partial charge < -0.3 is 14.8 Å². The van der Waals surface area contributed by atoms with Crippen molar-refractivity contribution in [1.82, 2.24) is 9.88 Å². The van der Waals surface area contributed by atoms with E-state index in [1.165, 1.54) is 11.3 Å². The summed E-state index contributed by atoms with van der Waals surface area (Å²) in [5.74, 6) is 0.123. The molecule has 29 heavy (non-hydrogen) atoms. The minimum Gasteiger partial charge on any atom is -0.368 e. The second-order valence-corrected chi connectivity index (χ2v) is 7.87. The van der Waals surface area contributed by atoms with E-state index in [-0.39, 0.29) is 11.5 Å². The number of hydrogen-bond donors (Lipinski definition) is 1. The third-order valence-corrected chi connectivity index (χ3v) is 5.77. The van der Waals surface area contributed by atoms with E-state index in [1.54, 1.807) is 0 Å². The summed E-state index contributed by atoms with van der Waals surface area (Å²) in [6.07, 6.45) is 0.834. The number of aromatic nitrogens is 1. The van der Waals surface area contributed by atoms with Gasteiger partial charge in [0.25, 0.3) is 5.56 Å². The second kappa shape index (κ2) is 8.11. The normalized spacial score (nSPS) is 14.4. The monoisotopic (exact) mass is 389 g/mol. The van der Waals surface area contributed by atoms with Gasteiger partial charge in [-0.3, -0.25) is 9.59 Å². The van der Waals surface area contributed by atoms with Crippen molar-refractivity contribution in [3.63, 3.8) is 0 Å². The van der Waals surface area contributed by atoms with Crippen molar-refractivity contribution in [3.8, 4) is 0 Å². The van der Waals surface area contributed by atoms with Gasteiger partial charge in [0.05, 0.1) is 5.52 Å². The van der Waals surface area contributed by atoms with Crippen LogP contribution in [0.5, 0.6) is 0 Å². The molecule has 1 aliphatic heterocycles. The van der Waals surface area contributed by atoms with Crippen molar-refractivity contribution in [1.29, 1.82) is 0 Å². The zero-order chi connectivity index (χ0) is 20.4. The first-order chi connectivity index (χ1) is 14.0. The smallest absolute Gasteiger partial charge is 0.251 e. The Morgan fingerprint density at radius 3 is 2.52 bits per heavy atom. The molecule has 1 saturated heterocycles. The highest BCUT2D eigenvalue weighted by Crippen LogP contribution is 2.19. The lowest BCUT2D eigenvalue weighted by atomic mass is 10.1. The maximum atomic E-state index is 12.7. The fraction of sp³-hybridized carbons (Fsp3) is 0.333. The summed E-state index contributed by atoms with van der Waals surface area (Å²) in [6, 6.07) is 16.4. The molecule has 5 heteroatoms. The minimum atomic E-state index is -0.0936. The lowest BCUT2D eigenvalue weighted by Gasteiger charge is -2.36. The summed E-state index contributed by atoms with van der Waals surface area (Å²) in [5, 5.41) is 1.01. The number of amides is 1. The number of aryl methyl sites for hydroxylation is 3. The van der Waals surface area contributed by atoms with Crippen LogP contribution in [0.3, 0.4) is 0 Å². The zero-order valence-electron chi connectivity index (χ0n) is 17.1. The maximum Gasteiger partial charge on any atom is 0.251 e. The summed E-state index contributed by atoms with van der Waals surface area (Å²) in [7, 11) is 0. The Kier molecular flexibility index (Phi) is 5.38. The molecule has 2 heterocycles. The van der Waals surface area contributed by atoms with Crippen molar-refractivity contribution >= 4 is 22.5 Å². The first kappa shape index (κ1) is 19.2. The number of fused-ring (bicyclic) bond motifs is 1. The Bertz CT molecular complexity index is 1090. The third kappa shape index (κ3) is 4.19. The van der Waals surface area contributed by atoms with Gasteiger partial charge in [-0.15, -0.1) is 0 Å². The quantitative estimate of drug-likeness (QED) is 0.744. The van der Waals surface area contributed by atoms with Crippen molar-refractivity contribution < 1.29 is 4.79 Å². The maximum absolute atomic E-state index is 12.7. The van der Waals surface area contributed by atoms with Crippen LogP contribution in [0.15, 0.2) is 53.3 Å². The second-order valence-electron chi connectivity index (χ2n) is 7.87. The van der Waals surface area contributed by atoms with Crippen LogP contribution in [0.1, 0.15) is 23.1 Å². The van der Waals surface area contributed by atoms with Crippen LogP contribution >= 0.6 is 0 Å². The summed E-state index contributed by atoms with van der Waals surface area (Å²) >= 11 is 0. The highest BCUT2D eigenvalue weighted by molar-refractivity contribution is 5.82. The van der Waals surface area contributed by atoms with Crippen LogP contribution in [0.25, 0.3) is 10.9 Å². The molecule has 0 saturated carbocycles. The molecular formula is C24H27N3O2. The van der Waals surface area contributed by atoms with Crippen molar-refractivity contribution in [2.45, 2.75) is 26.7 Å². The fourth-order valence-corrected chi connectivity index (χ4v) is 4.05. The molecule has 4 rings (SSSR count). The zero-order valence-corrected chi connectivity index (χ0v) is 17.1. The first-order valence-electron chi connectivity index (χ1n) is 10.2. The molecule has 0 radical (unpaired) electrons. The average molecular weight is 389 g/mol. The number of piperazine rings is 1. The van der Waals surface area contributed by atoms with Gasteiger partial charge in [0.1, 0.15) is 0 Å². The number of para-hydroxylation sites is 1. The molecule has 1 amide bonds. The van der Waals surface area contributed by atoms with Gasteiger partial charge >= 0.3 is 0 Å². The molecule has 0 unspecified atom stereocenters. The molecule has 150 valence electrons. The third-order valence-electron chi connectivity index (χ3n) is 5.77. The number of anilines is 1. The predicted molar refractivity (Wildman–Crippen MR) is 118 cm³/mol. The van der Waals surface area contributed by atoms with E-state index in [0.29, 0.717) is 18.4 Å². The van der Waals surface area contributed by atoms with Crippen molar-refractivity contribution in [2.75, 3.05) is 31.1 Å². The molecule has 1 aliphatic rings. The van der Waals surface area contributed by atoms with E-state index in [9.17, 15) is 9.59 Å². The number of benzene rings is 2. The van der Waals surface area contributed by atoms with E-state index in [2.05, 4.69) is 41.1 Å². The van der Waals surface area contributed by atoms with Crippen LogP contribution < -0.4 is 10.5 Å². The lowest BCUT2D eigenvalue weighted by molar-refractivity contribution is -0.131. The largest absolute Gasteiger partial charge is 0.368 e. The first-order valence-corrected chi connectivity index (χ1v) is 10.2.